The average Bonchev–Trinajstić information content (AvgIpc) is 2.80. The fourth-order valence-electron chi connectivity index (χ4n) is 1.10. The molecule has 0 fully saturated rings. The Hall–Kier alpha value is -0.730. The molecule has 1 aromatic heterocycles. The predicted molar refractivity (Wildman–Crippen MR) is 71.7 cm³/mol. The van der Waals surface area contributed by atoms with Crippen LogP contribution >= 0.6 is 23.5 Å². The molecule has 0 aliphatic heterocycles. The first-order chi connectivity index (χ1) is 8.76. The summed E-state index contributed by atoms with van der Waals surface area (Å²) in [5, 5.41) is 10.9. The highest BCUT2D eigenvalue weighted by molar-refractivity contribution is 7.99. The summed E-state index contributed by atoms with van der Waals surface area (Å²) in [5.41, 5.74) is 0. The van der Waals surface area contributed by atoms with E-state index in [0.717, 1.165) is 6.42 Å². The Morgan fingerprint density at radius 1 is 1.50 bits per heavy atom. The monoisotopic (exact) mass is 291 g/mol. The second kappa shape index (κ2) is 9.23. The van der Waals surface area contributed by atoms with Gasteiger partial charge in [-0.1, -0.05) is 11.8 Å². The highest BCUT2D eigenvalue weighted by atomic mass is 32.2. The van der Waals surface area contributed by atoms with E-state index < -0.39 is 0 Å². The van der Waals surface area contributed by atoms with Crippen LogP contribution in [-0.4, -0.2) is 48.4 Å². The zero-order chi connectivity index (χ0) is 13.2. The van der Waals surface area contributed by atoms with Gasteiger partial charge in [0.15, 0.2) is 0 Å². The van der Waals surface area contributed by atoms with Crippen molar-refractivity contribution in [3.63, 3.8) is 0 Å². The molecule has 0 radical (unpaired) electrons. The van der Waals surface area contributed by atoms with Gasteiger partial charge in [0, 0.05) is 20.3 Å². The summed E-state index contributed by atoms with van der Waals surface area (Å²) in [5.74, 6) is 1.52. The molecule has 0 aromatic carbocycles. The van der Waals surface area contributed by atoms with Gasteiger partial charge in [-0.3, -0.25) is 4.79 Å². The number of rotatable bonds is 9. The van der Waals surface area contributed by atoms with Crippen molar-refractivity contribution in [1.29, 1.82) is 0 Å². The maximum Gasteiger partial charge on any atom is 0.277 e. The Bertz CT molecular complexity index is 360. The Labute approximate surface area is 115 Å². The third-order valence-corrected chi connectivity index (χ3v) is 3.24. The maximum absolute atomic E-state index is 11.4. The molecule has 102 valence electrons. The molecule has 0 saturated carbocycles. The van der Waals surface area contributed by atoms with Crippen molar-refractivity contribution in [3.8, 4) is 0 Å². The Morgan fingerprint density at radius 3 is 3.06 bits per heavy atom. The summed E-state index contributed by atoms with van der Waals surface area (Å²) in [6.45, 7) is 1.27. The molecule has 0 saturated heterocycles. The van der Waals surface area contributed by atoms with Crippen molar-refractivity contribution in [2.45, 2.75) is 17.4 Å². The Morgan fingerprint density at radius 2 is 2.33 bits per heavy atom. The van der Waals surface area contributed by atoms with Crippen LogP contribution in [0, 0.1) is 0 Å². The third-order valence-electron chi connectivity index (χ3n) is 1.89. The van der Waals surface area contributed by atoms with E-state index in [1.807, 2.05) is 6.26 Å². The van der Waals surface area contributed by atoms with E-state index in [-0.39, 0.29) is 11.7 Å². The minimum Gasteiger partial charge on any atom is -0.415 e. The van der Waals surface area contributed by atoms with Crippen LogP contribution < -0.4 is 5.32 Å². The molecule has 18 heavy (non-hydrogen) atoms. The highest BCUT2D eigenvalue weighted by Gasteiger charge is 2.08. The first-order valence-corrected chi connectivity index (χ1v) is 7.84. The minimum atomic E-state index is -0.0410. The lowest BCUT2D eigenvalue weighted by molar-refractivity contribution is -0.118. The quantitative estimate of drug-likeness (QED) is 0.540. The SMILES string of the molecule is COCCCNC(=O)CSc1nnc(CSC)o1. The second-order valence-corrected chi connectivity index (χ2v) is 5.17. The predicted octanol–water partition coefficient (Wildman–Crippen LogP) is 1.18. The van der Waals surface area contributed by atoms with Crippen molar-refractivity contribution < 1.29 is 13.9 Å². The average molecular weight is 291 g/mol. The molecular formula is C10H17N3O3S2. The molecule has 0 atom stereocenters. The zero-order valence-electron chi connectivity index (χ0n) is 10.5. The maximum atomic E-state index is 11.4. The number of amides is 1. The summed E-state index contributed by atoms with van der Waals surface area (Å²) >= 11 is 2.86. The molecule has 0 bridgehead atoms. The van der Waals surface area contributed by atoms with Crippen molar-refractivity contribution in [2.75, 3.05) is 32.3 Å². The van der Waals surface area contributed by atoms with Gasteiger partial charge in [0.05, 0.1) is 11.5 Å². The molecule has 1 N–H and O–H groups in total. The molecule has 8 heteroatoms. The molecule has 6 nitrogen and oxygen atoms in total. The van der Waals surface area contributed by atoms with E-state index in [9.17, 15) is 4.79 Å². The van der Waals surface area contributed by atoms with Crippen LogP contribution in [0.15, 0.2) is 9.64 Å². The first kappa shape index (κ1) is 15.3. The fourth-order valence-corrected chi connectivity index (χ4v) is 2.07. The highest BCUT2D eigenvalue weighted by Crippen LogP contribution is 2.17. The third kappa shape index (κ3) is 6.27. The van der Waals surface area contributed by atoms with Crippen molar-refractivity contribution in [3.05, 3.63) is 5.89 Å². The standard InChI is InChI=1S/C10H17N3O3S2/c1-15-5-3-4-11-8(14)6-18-10-13-12-9(16-10)7-17-2/h3-7H2,1-2H3,(H,11,14). The number of carbonyl (C=O) groups is 1. The number of nitrogens with one attached hydrogen (secondary N) is 1. The molecule has 1 rings (SSSR count). The van der Waals surface area contributed by atoms with Gasteiger partial charge in [-0.05, 0) is 12.7 Å². The minimum absolute atomic E-state index is 0.0410. The summed E-state index contributed by atoms with van der Waals surface area (Å²) in [7, 11) is 1.64. The molecular weight excluding hydrogens is 274 g/mol. The van der Waals surface area contributed by atoms with Crippen LogP contribution in [0.5, 0.6) is 0 Å². The van der Waals surface area contributed by atoms with E-state index >= 15 is 0 Å². The molecule has 1 amide bonds. The fraction of sp³-hybridized carbons (Fsp3) is 0.700. The molecule has 0 aliphatic rings. The van der Waals surface area contributed by atoms with Gasteiger partial charge >= 0.3 is 0 Å². The van der Waals surface area contributed by atoms with Crippen LogP contribution in [0.3, 0.4) is 0 Å². The number of hydrogen-bond acceptors (Lipinski definition) is 7. The van der Waals surface area contributed by atoms with Crippen LogP contribution in [0.25, 0.3) is 0 Å². The van der Waals surface area contributed by atoms with Gasteiger partial charge in [-0.25, -0.2) is 0 Å². The number of methoxy groups -OCH3 is 1. The lowest BCUT2D eigenvalue weighted by atomic mass is 10.4. The smallest absolute Gasteiger partial charge is 0.277 e. The van der Waals surface area contributed by atoms with E-state index in [1.165, 1.54) is 11.8 Å². The van der Waals surface area contributed by atoms with Crippen molar-refractivity contribution >= 4 is 29.4 Å². The van der Waals surface area contributed by atoms with Crippen molar-refractivity contribution in [1.82, 2.24) is 15.5 Å². The number of thioether (sulfide) groups is 2. The number of carbonyl (C=O) groups excluding carboxylic acids is 1. The van der Waals surface area contributed by atoms with Crippen LogP contribution in [0.2, 0.25) is 0 Å². The molecule has 1 heterocycles. The molecule has 0 aliphatic carbocycles. The van der Waals surface area contributed by atoms with Gasteiger partial charge < -0.3 is 14.5 Å². The summed E-state index contributed by atoms with van der Waals surface area (Å²) in [6, 6.07) is 0. The lowest BCUT2D eigenvalue weighted by Crippen LogP contribution is -2.26. The van der Waals surface area contributed by atoms with E-state index in [4.69, 9.17) is 9.15 Å². The van der Waals surface area contributed by atoms with E-state index in [0.29, 0.717) is 30.0 Å². The largest absolute Gasteiger partial charge is 0.415 e. The Balaban J connectivity index is 2.16. The van der Waals surface area contributed by atoms with E-state index in [1.54, 1.807) is 18.9 Å². The second-order valence-electron chi connectivity index (χ2n) is 3.38. The van der Waals surface area contributed by atoms with Crippen LogP contribution in [0.4, 0.5) is 0 Å². The van der Waals surface area contributed by atoms with Gasteiger partial charge in [-0.15, -0.1) is 10.2 Å². The number of ether oxygens (including phenoxy) is 1. The van der Waals surface area contributed by atoms with E-state index in [2.05, 4.69) is 15.5 Å². The van der Waals surface area contributed by atoms with Gasteiger partial charge in [0.25, 0.3) is 5.22 Å². The van der Waals surface area contributed by atoms with Crippen LogP contribution in [0.1, 0.15) is 12.3 Å². The molecule has 1 aromatic rings. The van der Waals surface area contributed by atoms with Gasteiger partial charge in [0.1, 0.15) is 0 Å². The summed E-state index contributed by atoms with van der Waals surface area (Å²) in [6.07, 6.45) is 2.77. The summed E-state index contributed by atoms with van der Waals surface area (Å²) < 4.78 is 10.2. The number of aromatic nitrogens is 2. The molecule has 0 spiro atoms. The lowest BCUT2D eigenvalue weighted by Gasteiger charge is -2.02. The van der Waals surface area contributed by atoms with Crippen molar-refractivity contribution in [2.24, 2.45) is 0 Å². The zero-order valence-corrected chi connectivity index (χ0v) is 12.1. The number of hydrogen-bond donors (Lipinski definition) is 1. The first-order valence-electron chi connectivity index (χ1n) is 5.46. The Kier molecular flexibility index (Phi) is 7.86. The molecule has 0 unspecified atom stereocenters. The topological polar surface area (TPSA) is 77.2 Å². The van der Waals surface area contributed by atoms with Crippen LogP contribution in [-0.2, 0) is 15.3 Å². The van der Waals surface area contributed by atoms with Gasteiger partial charge in [-0.2, -0.15) is 11.8 Å². The normalized spacial score (nSPS) is 10.6. The van der Waals surface area contributed by atoms with Gasteiger partial charge in [0.2, 0.25) is 11.8 Å². The summed E-state index contributed by atoms with van der Waals surface area (Å²) in [4.78, 5) is 11.4. The number of nitrogens with zero attached hydrogens (tertiary/aromatic N) is 2.